The summed E-state index contributed by atoms with van der Waals surface area (Å²) in [5.41, 5.74) is 1.62. The Balaban J connectivity index is 2.07. The number of alkyl carbamates (subject to hydrolysis) is 1. The maximum atomic E-state index is 11.7. The predicted molar refractivity (Wildman–Crippen MR) is 95.7 cm³/mol. The molecule has 1 amide bonds. The Bertz CT molecular complexity index is 689. The van der Waals surface area contributed by atoms with Crippen molar-refractivity contribution in [2.24, 2.45) is 0 Å². The fraction of sp³-hybridized carbons (Fsp3) is 0.529. The molecule has 23 heavy (non-hydrogen) atoms. The number of rotatable bonds is 5. The molecule has 0 spiro atoms. The van der Waals surface area contributed by atoms with Gasteiger partial charge in [-0.15, -0.1) is 0 Å². The second-order valence-corrected chi connectivity index (χ2v) is 7.41. The number of imidazole rings is 1. The van der Waals surface area contributed by atoms with Gasteiger partial charge in [0.2, 0.25) is 0 Å². The molecule has 0 aliphatic rings. The number of ether oxygens (including phenoxy) is 1. The third kappa shape index (κ3) is 4.96. The molecule has 0 aliphatic heterocycles. The van der Waals surface area contributed by atoms with Gasteiger partial charge in [-0.2, -0.15) is 0 Å². The summed E-state index contributed by atoms with van der Waals surface area (Å²) in [5.74, 6) is 0.982. The van der Waals surface area contributed by atoms with E-state index < -0.39 is 11.7 Å². The lowest BCUT2D eigenvalue weighted by atomic mass is 10.2. The topological polar surface area (TPSA) is 56.2 Å². The summed E-state index contributed by atoms with van der Waals surface area (Å²) in [7, 11) is 0. The van der Waals surface area contributed by atoms with E-state index in [4.69, 9.17) is 9.72 Å². The molecular formula is C17H24BrN3O2. The molecular weight excluding hydrogens is 358 g/mol. The fourth-order valence-corrected chi connectivity index (χ4v) is 2.76. The van der Waals surface area contributed by atoms with Crippen LogP contribution in [0.15, 0.2) is 22.7 Å². The van der Waals surface area contributed by atoms with E-state index in [1.165, 1.54) is 0 Å². The first kappa shape index (κ1) is 17.8. The summed E-state index contributed by atoms with van der Waals surface area (Å²) in [5, 5.41) is 2.79. The lowest BCUT2D eigenvalue weighted by molar-refractivity contribution is 0.0528. The van der Waals surface area contributed by atoms with E-state index in [9.17, 15) is 4.79 Å². The van der Waals surface area contributed by atoms with Crippen LogP contribution in [0.1, 0.15) is 39.9 Å². The largest absolute Gasteiger partial charge is 0.444 e. The van der Waals surface area contributed by atoms with E-state index in [1.54, 1.807) is 0 Å². The van der Waals surface area contributed by atoms with Gasteiger partial charge in [0, 0.05) is 24.0 Å². The Morgan fingerprint density at radius 1 is 1.39 bits per heavy atom. The molecule has 1 aromatic carbocycles. The molecule has 0 radical (unpaired) electrons. The molecule has 0 atom stereocenters. The summed E-state index contributed by atoms with van der Waals surface area (Å²) in [4.78, 5) is 16.4. The Morgan fingerprint density at radius 3 is 2.78 bits per heavy atom. The summed E-state index contributed by atoms with van der Waals surface area (Å²) in [6, 6.07) is 6.12. The van der Waals surface area contributed by atoms with E-state index in [0.717, 1.165) is 34.3 Å². The van der Waals surface area contributed by atoms with Crippen LogP contribution in [-0.4, -0.2) is 27.8 Å². The Morgan fingerprint density at radius 2 is 2.13 bits per heavy atom. The summed E-state index contributed by atoms with van der Waals surface area (Å²) in [6.07, 6.45) is 1.32. The number of halogens is 1. The quantitative estimate of drug-likeness (QED) is 0.840. The van der Waals surface area contributed by atoms with Crippen LogP contribution in [0, 0.1) is 0 Å². The van der Waals surface area contributed by atoms with Crippen LogP contribution < -0.4 is 5.32 Å². The van der Waals surface area contributed by atoms with Gasteiger partial charge in [-0.3, -0.25) is 0 Å². The highest BCUT2D eigenvalue weighted by atomic mass is 79.9. The number of nitrogens with zero attached hydrogens (tertiary/aromatic N) is 2. The summed E-state index contributed by atoms with van der Waals surface area (Å²) < 4.78 is 8.48. The lowest BCUT2D eigenvalue weighted by Gasteiger charge is -2.19. The minimum absolute atomic E-state index is 0.390. The molecule has 126 valence electrons. The number of aromatic nitrogens is 2. The van der Waals surface area contributed by atoms with Crippen LogP contribution in [0.3, 0.4) is 0 Å². The van der Waals surface area contributed by atoms with Gasteiger partial charge in [0.1, 0.15) is 11.4 Å². The molecule has 5 nitrogen and oxygen atoms in total. The lowest BCUT2D eigenvalue weighted by Crippen LogP contribution is -2.33. The zero-order valence-corrected chi connectivity index (χ0v) is 15.7. The first-order chi connectivity index (χ1) is 10.8. The summed E-state index contributed by atoms with van der Waals surface area (Å²) in [6.45, 7) is 9.12. The highest BCUT2D eigenvalue weighted by Crippen LogP contribution is 2.21. The van der Waals surface area contributed by atoms with Crippen molar-refractivity contribution in [2.75, 3.05) is 6.54 Å². The minimum atomic E-state index is -0.480. The van der Waals surface area contributed by atoms with E-state index in [2.05, 4.69) is 38.8 Å². The van der Waals surface area contributed by atoms with Gasteiger partial charge >= 0.3 is 6.09 Å². The number of benzene rings is 1. The van der Waals surface area contributed by atoms with Crippen LogP contribution >= 0.6 is 15.9 Å². The second-order valence-electron chi connectivity index (χ2n) is 6.49. The smallest absolute Gasteiger partial charge is 0.407 e. The molecule has 0 unspecified atom stereocenters. The van der Waals surface area contributed by atoms with Crippen molar-refractivity contribution >= 4 is 33.1 Å². The van der Waals surface area contributed by atoms with Gasteiger partial charge in [-0.1, -0.05) is 22.9 Å². The average Bonchev–Trinajstić information content (AvgIpc) is 2.74. The number of carbonyl (C=O) groups excluding carboxylic acids is 1. The SMILES string of the molecule is CCCn1c(CCNC(=O)OC(C)(C)C)nc2cc(Br)ccc21. The number of hydrogen-bond donors (Lipinski definition) is 1. The number of carbonyl (C=O) groups is 1. The molecule has 2 aromatic rings. The van der Waals surface area contributed by atoms with E-state index >= 15 is 0 Å². The van der Waals surface area contributed by atoms with Crippen LogP contribution in [0.25, 0.3) is 11.0 Å². The fourth-order valence-electron chi connectivity index (χ4n) is 2.41. The number of fused-ring (bicyclic) bond motifs is 1. The molecule has 6 heteroatoms. The van der Waals surface area contributed by atoms with Gasteiger partial charge in [-0.25, -0.2) is 9.78 Å². The van der Waals surface area contributed by atoms with Gasteiger partial charge in [0.25, 0.3) is 0 Å². The highest BCUT2D eigenvalue weighted by Gasteiger charge is 2.16. The number of nitrogens with one attached hydrogen (secondary N) is 1. The maximum Gasteiger partial charge on any atom is 0.407 e. The molecule has 0 bridgehead atoms. The molecule has 0 saturated heterocycles. The van der Waals surface area contributed by atoms with E-state index in [0.29, 0.717) is 13.0 Å². The molecule has 1 heterocycles. The van der Waals surface area contributed by atoms with E-state index in [-0.39, 0.29) is 0 Å². The van der Waals surface area contributed by atoms with Crippen LogP contribution in [0.4, 0.5) is 4.79 Å². The number of aryl methyl sites for hydroxylation is 1. The Labute approximate surface area is 145 Å². The number of hydrogen-bond acceptors (Lipinski definition) is 3. The van der Waals surface area contributed by atoms with Gasteiger partial charge in [0.15, 0.2) is 0 Å². The van der Waals surface area contributed by atoms with Crippen molar-refractivity contribution in [1.29, 1.82) is 0 Å². The van der Waals surface area contributed by atoms with Gasteiger partial charge in [0.05, 0.1) is 11.0 Å². The molecule has 2 rings (SSSR count). The third-order valence-electron chi connectivity index (χ3n) is 3.25. The van der Waals surface area contributed by atoms with Crippen molar-refractivity contribution in [3.63, 3.8) is 0 Å². The highest BCUT2D eigenvalue weighted by molar-refractivity contribution is 9.10. The zero-order valence-electron chi connectivity index (χ0n) is 14.1. The van der Waals surface area contributed by atoms with Crippen molar-refractivity contribution in [1.82, 2.24) is 14.9 Å². The monoisotopic (exact) mass is 381 g/mol. The molecule has 1 N–H and O–H groups in total. The average molecular weight is 382 g/mol. The van der Waals surface area contributed by atoms with Crippen LogP contribution in [-0.2, 0) is 17.7 Å². The standard InChI is InChI=1S/C17H24BrN3O2/c1-5-10-21-14-7-6-12(18)11-13(14)20-15(21)8-9-19-16(22)23-17(2,3)4/h6-7,11H,5,8-10H2,1-4H3,(H,19,22). The minimum Gasteiger partial charge on any atom is -0.444 e. The number of amides is 1. The van der Waals surface area contributed by atoms with Crippen molar-refractivity contribution in [2.45, 2.75) is 52.7 Å². The molecule has 1 aromatic heterocycles. The Hall–Kier alpha value is -1.56. The van der Waals surface area contributed by atoms with Crippen molar-refractivity contribution < 1.29 is 9.53 Å². The van der Waals surface area contributed by atoms with Crippen molar-refractivity contribution in [3.8, 4) is 0 Å². The third-order valence-corrected chi connectivity index (χ3v) is 3.75. The van der Waals surface area contributed by atoms with Crippen LogP contribution in [0.5, 0.6) is 0 Å². The predicted octanol–water partition coefficient (Wildman–Crippen LogP) is 4.28. The summed E-state index contributed by atoms with van der Waals surface area (Å²) >= 11 is 3.48. The zero-order chi connectivity index (χ0) is 17.0. The van der Waals surface area contributed by atoms with E-state index in [1.807, 2.05) is 32.9 Å². The normalized spacial score (nSPS) is 11.7. The molecule has 0 aliphatic carbocycles. The van der Waals surface area contributed by atoms with Gasteiger partial charge in [-0.05, 0) is 45.4 Å². The molecule has 0 fully saturated rings. The Kier molecular flexibility index (Phi) is 5.68. The second kappa shape index (κ2) is 7.34. The first-order valence-electron chi connectivity index (χ1n) is 7.91. The maximum absolute atomic E-state index is 11.7. The van der Waals surface area contributed by atoms with Crippen LogP contribution in [0.2, 0.25) is 0 Å². The first-order valence-corrected chi connectivity index (χ1v) is 8.71. The molecule has 0 saturated carbocycles. The van der Waals surface area contributed by atoms with Gasteiger partial charge < -0.3 is 14.6 Å². The van der Waals surface area contributed by atoms with Crippen molar-refractivity contribution in [3.05, 3.63) is 28.5 Å².